The summed E-state index contributed by atoms with van der Waals surface area (Å²) in [5, 5.41) is 0. The fourth-order valence-electron chi connectivity index (χ4n) is 1.49. The highest BCUT2D eigenvalue weighted by atomic mass is 79.9. The summed E-state index contributed by atoms with van der Waals surface area (Å²) < 4.78 is 6.52. The molecule has 2 N–H and O–H groups in total. The van der Waals surface area contributed by atoms with Crippen LogP contribution >= 0.6 is 15.9 Å². The maximum absolute atomic E-state index is 5.82. The summed E-state index contributed by atoms with van der Waals surface area (Å²) in [6.07, 6.45) is 4.21. The summed E-state index contributed by atoms with van der Waals surface area (Å²) >= 11 is 3.37. The first-order valence-electron chi connectivity index (χ1n) is 5.36. The minimum absolute atomic E-state index is 0.515. The van der Waals surface area contributed by atoms with Gasteiger partial charge in [0.25, 0.3) is 0 Å². The van der Waals surface area contributed by atoms with Gasteiger partial charge in [-0.2, -0.15) is 0 Å². The maximum atomic E-state index is 5.82. The normalized spacial score (nSPS) is 10.2. The molecule has 0 amide bonds. The van der Waals surface area contributed by atoms with Crippen molar-refractivity contribution in [2.75, 3.05) is 5.73 Å². The van der Waals surface area contributed by atoms with Crippen LogP contribution in [0, 0.1) is 0 Å². The number of benzene rings is 1. The Balaban J connectivity index is 2.31. The number of nitrogen functional groups attached to an aromatic ring is 1. The van der Waals surface area contributed by atoms with Crippen molar-refractivity contribution in [2.24, 2.45) is 0 Å². The van der Waals surface area contributed by atoms with E-state index in [0.29, 0.717) is 11.4 Å². The van der Waals surface area contributed by atoms with E-state index >= 15 is 0 Å². The summed E-state index contributed by atoms with van der Waals surface area (Å²) in [7, 11) is 0. The smallest absolute Gasteiger partial charge is 0.167 e. The molecular weight excluding hydrogens is 280 g/mol. The van der Waals surface area contributed by atoms with E-state index in [-0.39, 0.29) is 0 Å². The topological polar surface area (TPSA) is 48.1 Å². The fourth-order valence-corrected chi connectivity index (χ4v) is 1.92. The Morgan fingerprint density at radius 3 is 2.88 bits per heavy atom. The second-order valence-electron chi connectivity index (χ2n) is 3.64. The molecule has 1 aromatic carbocycles. The molecule has 3 nitrogen and oxygen atoms in total. The number of anilines is 1. The molecule has 0 saturated carbocycles. The average molecular weight is 293 g/mol. The van der Waals surface area contributed by atoms with Crippen LogP contribution in [0.25, 0.3) is 0 Å². The molecule has 1 aromatic heterocycles. The number of rotatable bonds is 3. The standard InChI is InChI=1S/C13H13BrN2O/c1-2-9-4-3-5-10(6-9)17-13-11(14)7-16-8-12(13)15/h3-8H,2,15H2,1H3. The minimum Gasteiger partial charge on any atom is -0.454 e. The van der Waals surface area contributed by atoms with Crippen LogP contribution in [0.15, 0.2) is 41.1 Å². The molecule has 1 heterocycles. The Kier molecular flexibility index (Phi) is 3.64. The zero-order valence-electron chi connectivity index (χ0n) is 9.48. The number of hydrogen-bond acceptors (Lipinski definition) is 3. The second-order valence-corrected chi connectivity index (χ2v) is 4.50. The number of hydrogen-bond donors (Lipinski definition) is 1. The van der Waals surface area contributed by atoms with Crippen molar-refractivity contribution in [3.8, 4) is 11.5 Å². The van der Waals surface area contributed by atoms with Gasteiger partial charge < -0.3 is 10.5 Å². The van der Waals surface area contributed by atoms with E-state index in [9.17, 15) is 0 Å². The number of halogens is 1. The molecule has 88 valence electrons. The molecule has 0 unspecified atom stereocenters. The van der Waals surface area contributed by atoms with Crippen LogP contribution in [0.2, 0.25) is 0 Å². The number of aryl methyl sites for hydroxylation is 1. The van der Waals surface area contributed by atoms with Crippen LogP contribution in [0.1, 0.15) is 12.5 Å². The van der Waals surface area contributed by atoms with Gasteiger partial charge in [0.2, 0.25) is 0 Å². The van der Waals surface area contributed by atoms with Crippen LogP contribution in [-0.4, -0.2) is 4.98 Å². The monoisotopic (exact) mass is 292 g/mol. The zero-order valence-corrected chi connectivity index (χ0v) is 11.1. The van der Waals surface area contributed by atoms with E-state index in [1.807, 2.05) is 18.2 Å². The summed E-state index contributed by atoms with van der Waals surface area (Å²) in [5.74, 6) is 1.39. The van der Waals surface area contributed by atoms with Gasteiger partial charge in [0.15, 0.2) is 5.75 Å². The third kappa shape index (κ3) is 2.77. The van der Waals surface area contributed by atoms with Crippen molar-refractivity contribution in [1.82, 2.24) is 4.98 Å². The minimum atomic E-state index is 0.515. The Morgan fingerprint density at radius 1 is 1.35 bits per heavy atom. The Morgan fingerprint density at radius 2 is 2.18 bits per heavy atom. The highest BCUT2D eigenvalue weighted by molar-refractivity contribution is 9.10. The van der Waals surface area contributed by atoms with E-state index in [0.717, 1.165) is 16.6 Å². The maximum Gasteiger partial charge on any atom is 0.167 e. The number of aromatic nitrogens is 1. The zero-order chi connectivity index (χ0) is 12.3. The Bertz CT molecular complexity index is 508. The van der Waals surface area contributed by atoms with Gasteiger partial charge in [-0.25, -0.2) is 0 Å². The molecule has 2 aromatic rings. The van der Waals surface area contributed by atoms with Gasteiger partial charge in [-0.15, -0.1) is 0 Å². The molecule has 0 aliphatic rings. The molecule has 0 atom stereocenters. The molecular formula is C13H13BrN2O. The van der Waals surface area contributed by atoms with Crippen molar-refractivity contribution >= 4 is 21.6 Å². The lowest BCUT2D eigenvalue weighted by atomic mass is 10.2. The number of nitrogens with two attached hydrogens (primary N) is 1. The van der Waals surface area contributed by atoms with Crippen LogP contribution in [0.5, 0.6) is 11.5 Å². The molecule has 4 heteroatoms. The summed E-state index contributed by atoms with van der Waals surface area (Å²) in [6.45, 7) is 2.11. The third-order valence-corrected chi connectivity index (χ3v) is 2.97. The average Bonchev–Trinajstić information content (AvgIpc) is 2.34. The third-order valence-electron chi connectivity index (χ3n) is 2.41. The van der Waals surface area contributed by atoms with Crippen LogP contribution in [-0.2, 0) is 6.42 Å². The molecule has 0 fully saturated rings. The van der Waals surface area contributed by atoms with E-state index in [4.69, 9.17) is 10.5 Å². The van der Waals surface area contributed by atoms with Crippen molar-refractivity contribution in [1.29, 1.82) is 0 Å². The van der Waals surface area contributed by atoms with Crippen LogP contribution in [0.4, 0.5) is 5.69 Å². The van der Waals surface area contributed by atoms with Gasteiger partial charge in [0, 0.05) is 6.20 Å². The van der Waals surface area contributed by atoms with Gasteiger partial charge >= 0.3 is 0 Å². The fraction of sp³-hybridized carbons (Fsp3) is 0.154. The van der Waals surface area contributed by atoms with E-state index < -0.39 is 0 Å². The van der Waals surface area contributed by atoms with E-state index in [2.05, 4.69) is 33.9 Å². The molecule has 0 bridgehead atoms. The van der Waals surface area contributed by atoms with Crippen LogP contribution in [0.3, 0.4) is 0 Å². The first-order chi connectivity index (χ1) is 8.20. The lowest BCUT2D eigenvalue weighted by Crippen LogP contribution is -1.94. The van der Waals surface area contributed by atoms with Crippen molar-refractivity contribution in [2.45, 2.75) is 13.3 Å². The molecule has 0 aliphatic heterocycles. The highest BCUT2D eigenvalue weighted by Gasteiger charge is 2.07. The SMILES string of the molecule is CCc1cccc(Oc2c(N)cncc2Br)c1. The van der Waals surface area contributed by atoms with Gasteiger partial charge in [-0.05, 0) is 40.0 Å². The summed E-state index contributed by atoms with van der Waals surface area (Å²) in [6, 6.07) is 7.95. The lowest BCUT2D eigenvalue weighted by Gasteiger charge is -2.10. The summed E-state index contributed by atoms with van der Waals surface area (Å²) in [5.41, 5.74) is 7.57. The van der Waals surface area contributed by atoms with Gasteiger partial charge in [0.1, 0.15) is 5.75 Å². The quantitative estimate of drug-likeness (QED) is 0.936. The van der Waals surface area contributed by atoms with Gasteiger partial charge in [-0.1, -0.05) is 19.1 Å². The predicted molar refractivity (Wildman–Crippen MR) is 72.2 cm³/mol. The Labute approximate surface area is 109 Å². The molecule has 17 heavy (non-hydrogen) atoms. The number of pyridine rings is 1. The molecule has 0 radical (unpaired) electrons. The highest BCUT2D eigenvalue weighted by Crippen LogP contribution is 2.34. The largest absolute Gasteiger partial charge is 0.454 e. The van der Waals surface area contributed by atoms with E-state index in [1.54, 1.807) is 12.4 Å². The predicted octanol–water partition coefficient (Wildman–Crippen LogP) is 3.78. The van der Waals surface area contributed by atoms with Gasteiger partial charge in [-0.3, -0.25) is 4.98 Å². The van der Waals surface area contributed by atoms with Crippen molar-refractivity contribution in [3.63, 3.8) is 0 Å². The number of nitrogens with zero attached hydrogens (tertiary/aromatic N) is 1. The number of ether oxygens (including phenoxy) is 1. The Hall–Kier alpha value is -1.55. The van der Waals surface area contributed by atoms with Crippen molar-refractivity contribution < 1.29 is 4.74 Å². The molecule has 2 rings (SSSR count). The summed E-state index contributed by atoms with van der Waals surface area (Å²) in [4.78, 5) is 3.97. The van der Waals surface area contributed by atoms with Crippen LogP contribution < -0.4 is 10.5 Å². The molecule has 0 aliphatic carbocycles. The van der Waals surface area contributed by atoms with Crippen molar-refractivity contribution in [3.05, 3.63) is 46.7 Å². The molecule has 0 saturated heterocycles. The van der Waals surface area contributed by atoms with Gasteiger partial charge in [0.05, 0.1) is 16.4 Å². The molecule has 0 spiro atoms. The second kappa shape index (κ2) is 5.19. The first kappa shape index (κ1) is 11.9. The van der Waals surface area contributed by atoms with E-state index in [1.165, 1.54) is 5.56 Å². The first-order valence-corrected chi connectivity index (χ1v) is 6.15. The lowest BCUT2D eigenvalue weighted by molar-refractivity contribution is 0.480.